The molecule has 0 radical (unpaired) electrons. The summed E-state index contributed by atoms with van der Waals surface area (Å²) in [6, 6.07) is -0.0544. The highest BCUT2D eigenvalue weighted by Crippen LogP contribution is 2.07. The summed E-state index contributed by atoms with van der Waals surface area (Å²) in [6.07, 6.45) is 5.20. The average molecular weight is 265 g/mol. The van der Waals surface area contributed by atoms with Crippen LogP contribution in [0.5, 0.6) is 0 Å². The lowest BCUT2D eigenvalue weighted by atomic mass is 10.1. The van der Waals surface area contributed by atoms with Crippen LogP contribution in [0, 0.1) is 0 Å². The lowest BCUT2D eigenvalue weighted by Crippen LogP contribution is -2.47. The predicted octanol–water partition coefficient (Wildman–Crippen LogP) is 2.96. The molecule has 0 aromatic rings. The summed E-state index contributed by atoms with van der Waals surface area (Å²) in [5.41, 5.74) is 5.88. The Morgan fingerprint density at radius 2 is 1.76 bits per heavy atom. The van der Waals surface area contributed by atoms with Crippen LogP contribution in [0.15, 0.2) is 0 Å². The highest BCUT2D eigenvalue weighted by Gasteiger charge is 2.21. The van der Waals surface area contributed by atoms with Crippen molar-refractivity contribution in [3.63, 3.8) is 0 Å². The number of carbonyl (C=O) groups is 1. The quantitative estimate of drug-likeness (QED) is 0.685. The SMILES string of the molecule is CCCCCN(C(=O)C(N)CCC)C(C)C.Cl. The van der Waals surface area contributed by atoms with E-state index in [0.29, 0.717) is 0 Å². The van der Waals surface area contributed by atoms with Gasteiger partial charge in [0.2, 0.25) is 5.91 Å². The second-order valence-corrected chi connectivity index (χ2v) is 4.73. The molecule has 0 heterocycles. The number of carbonyl (C=O) groups excluding carboxylic acids is 1. The molecule has 1 amide bonds. The Morgan fingerprint density at radius 1 is 1.18 bits per heavy atom. The van der Waals surface area contributed by atoms with Crippen LogP contribution in [0.3, 0.4) is 0 Å². The molecule has 0 bridgehead atoms. The molecule has 0 aromatic heterocycles. The smallest absolute Gasteiger partial charge is 0.239 e. The number of unbranched alkanes of at least 4 members (excludes halogenated alkanes) is 2. The number of nitrogens with two attached hydrogens (primary N) is 1. The van der Waals surface area contributed by atoms with Gasteiger partial charge in [-0.1, -0.05) is 33.1 Å². The van der Waals surface area contributed by atoms with Crippen molar-refractivity contribution < 1.29 is 4.79 Å². The molecule has 3 nitrogen and oxygen atoms in total. The molecule has 0 aliphatic heterocycles. The zero-order valence-corrected chi connectivity index (χ0v) is 12.6. The first kappa shape index (κ1) is 19.1. The van der Waals surface area contributed by atoms with Gasteiger partial charge >= 0.3 is 0 Å². The van der Waals surface area contributed by atoms with Gasteiger partial charge in [0.15, 0.2) is 0 Å². The molecule has 0 aliphatic carbocycles. The minimum atomic E-state index is -0.311. The molecule has 0 fully saturated rings. The molecular formula is C13H29ClN2O. The van der Waals surface area contributed by atoms with Crippen molar-refractivity contribution in [3.8, 4) is 0 Å². The minimum Gasteiger partial charge on any atom is -0.339 e. The zero-order chi connectivity index (χ0) is 12.6. The van der Waals surface area contributed by atoms with Crippen molar-refractivity contribution in [2.45, 2.75) is 71.9 Å². The number of nitrogens with zero attached hydrogens (tertiary/aromatic N) is 1. The van der Waals surface area contributed by atoms with Crippen LogP contribution >= 0.6 is 12.4 Å². The lowest BCUT2D eigenvalue weighted by Gasteiger charge is -2.29. The number of hydrogen-bond donors (Lipinski definition) is 1. The molecule has 17 heavy (non-hydrogen) atoms. The fraction of sp³-hybridized carbons (Fsp3) is 0.923. The number of amides is 1. The van der Waals surface area contributed by atoms with Crippen molar-refractivity contribution in [3.05, 3.63) is 0 Å². The molecular weight excluding hydrogens is 236 g/mol. The number of halogens is 1. The second kappa shape index (κ2) is 10.8. The lowest BCUT2D eigenvalue weighted by molar-refractivity contribution is -0.134. The van der Waals surface area contributed by atoms with E-state index in [1.54, 1.807) is 0 Å². The molecule has 0 spiro atoms. The minimum absolute atomic E-state index is 0. The molecule has 1 atom stereocenters. The van der Waals surface area contributed by atoms with Crippen molar-refractivity contribution >= 4 is 18.3 Å². The van der Waals surface area contributed by atoms with Crippen molar-refractivity contribution in [2.24, 2.45) is 5.73 Å². The van der Waals surface area contributed by atoms with Crippen molar-refractivity contribution in [1.82, 2.24) is 4.90 Å². The molecule has 0 aromatic carbocycles. The normalized spacial score (nSPS) is 12.1. The molecule has 0 saturated carbocycles. The largest absolute Gasteiger partial charge is 0.339 e. The van der Waals surface area contributed by atoms with E-state index in [9.17, 15) is 4.79 Å². The van der Waals surface area contributed by atoms with Crippen LogP contribution in [-0.4, -0.2) is 29.4 Å². The highest BCUT2D eigenvalue weighted by molar-refractivity contribution is 5.85. The molecule has 1 unspecified atom stereocenters. The Hall–Kier alpha value is -0.280. The van der Waals surface area contributed by atoms with E-state index in [-0.39, 0.29) is 30.4 Å². The standard InChI is InChI=1S/C13H28N2O.ClH/c1-5-7-8-10-15(11(3)4)13(16)12(14)9-6-2;/h11-12H,5-10,14H2,1-4H3;1H. The van der Waals surface area contributed by atoms with Gasteiger partial charge in [0.1, 0.15) is 0 Å². The van der Waals surface area contributed by atoms with Crippen LogP contribution in [0.25, 0.3) is 0 Å². The van der Waals surface area contributed by atoms with Crippen LogP contribution in [-0.2, 0) is 4.79 Å². The molecule has 104 valence electrons. The Kier molecular flexibility index (Phi) is 12.2. The second-order valence-electron chi connectivity index (χ2n) is 4.73. The summed E-state index contributed by atoms with van der Waals surface area (Å²) in [4.78, 5) is 14.0. The maximum Gasteiger partial charge on any atom is 0.239 e. The summed E-state index contributed by atoms with van der Waals surface area (Å²) < 4.78 is 0. The van der Waals surface area contributed by atoms with E-state index >= 15 is 0 Å². The van der Waals surface area contributed by atoms with Gasteiger partial charge in [-0.3, -0.25) is 4.79 Å². The summed E-state index contributed by atoms with van der Waals surface area (Å²) in [5.74, 6) is 0.118. The monoisotopic (exact) mass is 264 g/mol. The fourth-order valence-electron chi connectivity index (χ4n) is 1.80. The summed E-state index contributed by atoms with van der Waals surface area (Å²) >= 11 is 0. The van der Waals surface area contributed by atoms with Gasteiger partial charge in [0, 0.05) is 12.6 Å². The van der Waals surface area contributed by atoms with Crippen LogP contribution in [0.2, 0.25) is 0 Å². The summed E-state index contributed by atoms with van der Waals surface area (Å²) in [7, 11) is 0. The molecule has 0 saturated heterocycles. The first-order chi connectivity index (χ1) is 7.54. The average Bonchev–Trinajstić information content (AvgIpc) is 2.23. The number of hydrogen-bond acceptors (Lipinski definition) is 2. The molecule has 0 aliphatic rings. The van der Waals surface area contributed by atoms with Gasteiger partial charge in [0.25, 0.3) is 0 Å². The molecule has 4 heteroatoms. The van der Waals surface area contributed by atoms with Crippen LogP contribution < -0.4 is 5.73 Å². The topological polar surface area (TPSA) is 46.3 Å². The van der Waals surface area contributed by atoms with E-state index in [1.807, 2.05) is 4.90 Å². The predicted molar refractivity (Wildman–Crippen MR) is 76.5 cm³/mol. The Balaban J connectivity index is 0. The van der Waals surface area contributed by atoms with Gasteiger partial charge in [-0.05, 0) is 26.7 Å². The first-order valence-corrected chi connectivity index (χ1v) is 6.60. The third-order valence-electron chi connectivity index (χ3n) is 2.83. The van der Waals surface area contributed by atoms with E-state index in [4.69, 9.17) is 5.73 Å². The van der Waals surface area contributed by atoms with Crippen LogP contribution in [0.4, 0.5) is 0 Å². The third-order valence-corrected chi connectivity index (χ3v) is 2.83. The highest BCUT2D eigenvalue weighted by atomic mass is 35.5. The fourth-order valence-corrected chi connectivity index (χ4v) is 1.80. The maximum absolute atomic E-state index is 12.1. The van der Waals surface area contributed by atoms with Gasteiger partial charge in [-0.2, -0.15) is 0 Å². The van der Waals surface area contributed by atoms with Gasteiger partial charge in [-0.15, -0.1) is 12.4 Å². The summed E-state index contributed by atoms with van der Waals surface area (Å²) in [5, 5.41) is 0. The van der Waals surface area contributed by atoms with Gasteiger partial charge in [0.05, 0.1) is 6.04 Å². The third kappa shape index (κ3) is 7.61. The zero-order valence-electron chi connectivity index (χ0n) is 11.7. The first-order valence-electron chi connectivity index (χ1n) is 6.60. The van der Waals surface area contributed by atoms with Gasteiger partial charge in [-0.25, -0.2) is 0 Å². The van der Waals surface area contributed by atoms with E-state index in [0.717, 1.165) is 25.8 Å². The summed E-state index contributed by atoms with van der Waals surface area (Å²) in [6.45, 7) is 9.20. The van der Waals surface area contributed by atoms with Crippen molar-refractivity contribution in [2.75, 3.05) is 6.54 Å². The van der Waals surface area contributed by atoms with Crippen LogP contribution in [0.1, 0.15) is 59.8 Å². The Morgan fingerprint density at radius 3 is 2.18 bits per heavy atom. The molecule has 2 N–H and O–H groups in total. The van der Waals surface area contributed by atoms with E-state index in [1.165, 1.54) is 12.8 Å². The molecule has 0 rings (SSSR count). The van der Waals surface area contributed by atoms with E-state index in [2.05, 4.69) is 27.7 Å². The number of rotatable bonds is 8. The van der Waals surface area contributed by atoms with Crippen molar-refractivity contribution in [1.29, 1.82) is 0 Å². The van der Waals surface area contributed by atoms with E-state index < -0.39 is 0 Å². The Labute approximate surface area is 113 Å². The maximum atomic E-state index is 12.1. The van der Waals surface area contributed by atoms with Gasteiger partial charge < -0.3 is 10.6 Å². The Bertz CT molecular complexity index is 198.